The van der Waals surface area contributed by atoms with E-state index in [9.17, 15) is 13.2 Å². The van der Waals surface area contributed by atoms with Crippen molar-refractivity contribution in [2.75, 3.05) is 0 Å². The van der Waals surface area contributed by atoms with E-state index >= 15 is 0 Å². The standard InChI is InChI=1S/C18H14BrNO4S2/c19-16-10-11-17(25-16)26(22,23)24-15-9-5-4-8-14(15)18(21)20-12-13-6-2-1-3-7-13/h1-11H,12H2,(H,20,21). The zero-order valence-electron chi connectivity index (χ0n) is 13.4. The fraction of sp³-hybridized carbons (Fsp3) is 0.0556. The SMILES string of the molecule is O=C(NCc1ccccc1)c1ccccc1OS(=O)(=O)c1ccc(Br)s1. The Morgan fingerprint density at radius 3 is 2.38 bits per heavy atom. The lowest BCUT2D eigenvalue weighted by Crippen LogP contribution is -2.24. The maximum Gasteiger partial charge on any atom is 0.348 e. The van der Waals surface area contributed by atoms with Gasteiger partial charge in [-0.25, -0.2) is 0 Å². The van der Waals surface area contributed by atoms with Crippen LogP contribution in [0.3, 0.4) is 0 Å². The van der Waals surface area contributed by atoms with Crippen molar-refractivity contribution >= 4 is 43.3 Å². The molecular formula is C18H14BrNO4S2. The third-order valence-electron chi connectivity index (χ3n) is 3.42. The van der Waals surface area contributed by atoms with Gasteiger partial charge in [0.2, 0.25) is 0 Å². The molecule has 2 aromatic carbocycles. The van der Waals surface area contributed by atoms with Gasteiger partial charge in [0, 0.05) is 6.54 Å². The molecule has 0 atom stereocenters. The molecule has 0 spiro atoms. The number of rotatable bonds is 6. The number of thiophene rings is 1. The fourth-order valence-electron chi connectivity index (χ4n) is 2.19. The van der Waals surface area contributed by atoms with Gasteiger partial charge in [-0.1, -0.05) is 42.5 Å². The van der Waals surface area contributed by atoms with Crippen molar-refractivity contribution in [1.82, 2.24) is 5.32 Å². The maximum absolute atomic E-state index is 12.5. The highest BCUT2D eigenvalue weighted by Gasteiger charge is 2.22. The second-order valence-electron chi connectivity index (χ2n) is 5.26. The first-order valence-corrected chi connectivity index (χ1v) is 10.6. The first-order valence-electron chi connectivity index (χ1n) is 7.57. The summed E-state index contributed by atoms with van der Waals surface area (Å²) in [5, 5.41) is 2.77. The second-order valence-corrected chi connectivity index (χ2v) is 9.50. The van der Waals surface area contributed by atoms with Crippen molar-refractivity contribution in [3.63, 3.8) is 0 Å². The Hall–Kier alpha value is -2.16. The molecular weight excluding hydrogens is 438 g/mol. The number of nitrogens with one attached hydrogen (secondary N) is 1. The molecule has 0 bridgehead atoms. The lowest BCUT2D eigenvalue weighted by molar-refractivity contribution is 0.0949. The molecule has 1 heterocycles. The molecule has 134 valence electrons. The van der Waals surface area contributed by atoms with Crippen LogP contribution in [0.1, 0.15) is 15.9 Å². The van der Waals surface area contributed by atoms with Gasteiger partial charge < -0.3 is 9.50 Å². The topological polar surface area (TPSA) is 72.5 Å². The molecule has 1 aromatic heterocycles. The second kappa shape index (κ2) is 8.03. The minimum absolute atomic E-state index is 0.0115. The largest absolute Gasteiger partial charge is 0.378 e. The molecule has 8 heteroatoms. The smallest absolute Gasteiger partial charge is 0.348 e. The first-order chi connectivity index (χ1) is 12.5. The summed E-state index contributed by atoms with van der Waals surface area (Å²) in [5.74, 6) is -0.422. The van der Waals surface area contributed by atoms with Crippen LogP contribution in [0.15, 0.2) is 74.7 Å². The zero-order chi connectivity index (χ0) is 18.6. The van der Waals surface area contributed by atoms with Gasteiger partial charge in [-0.2, -0.15) is 8.42 Å². The van der Waals surface area contributed by atoms with Crippen molar-refractivity contribution in [3.8, 4) is 5.75 Å². The van der Waals surface area contributed by atoms with E-state index in [2.05, 4.69) is 21.2 Å². The summed E-state index contributed by atoms with van der Waals surface area (Å²) >= 11 is 4.26. The van der Waals surface area contributed by atoms with E-state index in [4.69, 9.17) is 4.18 Å². The van der Waals surface area contributed by atoms with E-state index in [0.29, 0.717) is 10.3 Å². The third-order valence-corrected chi connectivity index (χ3v) is 6.73. The summed E-state index contributed by atoms with van der Waals surface area (Å²) in [7, 11) is -4.01. The van der Waals surface area contributed by atoms with E-state index in [1.54, 1.807) is 18.2 Å². The molecule has 0 saturated carbocycles. The number of benzene rings is 2. The van der Waals surface area contributed by atoms with Crippen molar-refractivity contribution in [3.05, 3.63) is 81.6 Å². The number of para-hydroxylation sites is 1. The van der Waals surface area contributed by atoms with Gasteiger partial charge in [-0.3, -0.25) is 4.79 Å². The molecule has 0 fully saturated rings. The van der Waals surface area contributed by atoms with Gasteiger partial charge in [0.1, 0.15) is 0 Å². The van der Waals surface area contributed by atoms with Crippen LogP contribution in [0.2, 0.25) is 0 Å². The lowest BCUT2D eigenvalue weighted by Gasteiger charge is -2.11. The van der Waals surface area contributed by atoms with Crippen LogP contribution >= 0.6 is 27.3 Å². The Labute approximate surface area is 163 Å². The maximum atomic E-state index is 12.5. The highest BCUT2D eigenvalue weighted by atomic mass is 79.9. The molecule has 1 amide bonds. The quantitative estimate of drug-likeness (QED) is 0.569. The number of hydrogen-bond donors (Lipinski definition) is 1. The van der Waals surface area contributed by atoms with Gasteiger partial charge >= 0.3 is 10.1 Å². The Morgan fingerprint density at radius 2 is 1.69 bits per heavy atom. The molecule has 5 nitrogen and oxygen atoms in total. The normalized spacial score (nSPS) is 11.1. The Balaban J connectivity index is 1.78. The van der Waals surface area contributed by atoms with Crippen LogP contribution in [0.5, 0.6) is 5.75 Å². The van der Waals surface area contributed by atoms with Crippen molar-refractivity contribution in [1.29, 1.82) is 0 Å². The van der Waals surface area contributed by atoms with Crippen LogP contribution in [0.4, 0.5) is 0 Å². The van der Waals surface area contributed by atoms with Crippen molar-refractivity contribution in [2.45, 2.75) is 10.8 Å². The van der Waals surface area contributed by atoms with Crippen LogP contribution < -0.4 is 9.50 Å². The number of halogens is 1. The molecule has 1 N–H and O–H groups in total. The summed E-state index contributed by atoms with van der Waals surface area (Å²) in [6.45, 7) is 0.332. The molecule has 0 radical (unpaired) electrons. The Morgan fingerprint density at radius 1 is 1.00 bits per heavy atom. The average molecular weight is 452 g/mol. The lowest BCUT2D eigenvalue weighted by atomic mass is 10.1. The molecule has 0 saturated heterocycles. The summed E-state index contributed by atoms with van der Waals surface area (Å²) in [6.07, 6.45) is 0. The molecule has 0 aliphatic rings. The highest BCUT2D eigenvalue weighted by molar-refractivity contribution is 9.11. The average Bonchev–Trinajstić information content (AvgIpc) is 3.08. The van der Waals surface area contributed by atoms with Gasteiger partial charge in [-0.15, -0.1) is 11.3 Å². The molecule has 3 rings (SSSR count). The predicted octanol–water partition coefficient (Wildman–Crippen LogP) is 4.21. The van der Waals surface area contributed by atoms with Crippen LogP contribution in [-0.4, -0.2) is 14.3 Å². The van der Waals surface area contributed by atoms with Gasteiger partial charge in [0.25, 0.3) is 5.91 Å². The van der Waals surface area contributed by atoms with Crippen molar-refractivity contribution < 1.29 is 17.4 Å². The molecule has 0 aliphatic carbocycles. The monoisotopic (exact) mass is 451 g/mol. The van der Waals surface area contributed by atoms with E-state index < -0.39 is 16.0 Å². The van der Waals surface area contributed by atoms with Gasteiger partial charge in [0.05, 0.1) is 9.35 Å². The van der Waals surface area contributed by atoms with E-state index in [0.717, 1.165) is 16.9 Å². The highest BCUT2D eigenvalue weighted by Crippen LogP contribution is 2.29. The number of hydrogen-bond acceptors (Lipinski definition) is 5. The Bertz CT molecular complexity index is 1020. The number of carbonyl (C=O) groups excluding carboxylic acids is 1. The minimum atomic E-state index is -4.01. The summed E-state index contributed by atoms with van der Waals surface area (Å²) in [6, 6.07) is 18.7. The third kappa shape index (κ3) is 4.51. The van der Waals surface area contributed by atoms with Gasteiger partial charge in [-0.05, 0) is 45.8 Å². The predicted molar refractivity (Wildman–Crippen MR) is 104 cm³/mol. The zero-order valence-corrected chi connectivity index (χ0v) is 16.6. The van der Waals surface area contributed by atoms with E-state index in [1.807, 2.05) is 30.3 Å². The summed E-state index contributed by atoms with van der Waals surface area (Å²) in [4.78, 5) is 12.5. The van der Waals surface area contributed by atoms with Crippen LogP contribution in [0, 0.1) is 0 Å². The first kappa shape index (κ1) is 18.6. The molecule has 3 aromatic rings. The minimum Gasteiger partial charge on any atom is -0.378 e. The van der Waals surface area contributed by atoms with E-state index in [-0.39, 0.29) is 15.5 Å². The van der Waals surface area contributed by atoms with Gasteiger partial charge in [0.15, 0.2) is 9.96 Å². The summed E-state index contributed by atoms with van der Waals surface area (Å²) in [5.41, 5.74) is 1.10. The molecule has 26 heavy (non-hydrogen) atoms. The molecule has 0 unspecified atom stereocenters. The summed E-state index contributed by atoms with van der Waals surface area (Å²) < 4.78 is 30.7. The number of amides is 1. The van der Waals surface area contributed by atoms with Crippen LogP contribution in [-0.2, 0) is 16.7 Å². The number of carbonyl (C=O) groups is 1. The Kier molecular flexibility index (Phi) is 5.75. The molecule has 0 aliphatic heterocycles. The fourth-order valence-corrected chi connectivity index (χ4v) is 5.11. The van der Waals surface area contributed by atoms with Crippen LogP contribution in [0.25, 0.3) is 0 Å². The van der Waals surface area contributed by atoms with E-state index in [1.165, 1.54) is 18.2 Å². The van der Waals surface area contributed by atoms with Crippen molar-refractivity contribution in [2.24, 2.45) is 0 Å².